The molecular weight excluding hydrogens is 160 g/mol. The molecule has 1 aliphatic rings. The standard InChI is InChI=1S/C11H24N2/c1-10(2,8-11(3,4)12)9-6-5-7-13-9/h9,13H,5-8,12H2,1-4H3/t9-/m0/s1. The molecule has 0 bridgehead atoms. The number of hydrogen-bond acceptors (Lipinski definition) is 2. The van der Waals surface area contributed by atoms with Crippen LogP contribution < -0.4 is 11.1 Å². The van der Waals surface area contributed by atoms with Crippen LogP contribution in [-0.2, 0) is 0 Å². The number of nitrogens with two attached hydrogens (primary N) is 1. The monoisotopic (exact) mass is 184 g/mol. The molecule has 1 rings (SSSR count). The van der Waals surface area contributed by atoms with Crippen molar-refractivity contribution in [2.45, 2.75) is 58.5 Å². The van der Waals surface area contributed by atoms with Crippen molar-refractivity contribution in [3.63, 3.8) is 0 Å². The molecular formula is C11H24N2. The van der Waals surface area contributed by atoms with Crippen LogP contribution >= 0.6 is 0 Å². The summed E-state index contributed by atoms with van der Waals surface area (Å²) in [4.78, 5) is 0. The van der Waals surface area contributed by atoms with E-state index in [4.69, 9.17) is 5.73 Å². The van der Waals surface area contributed by atoms with Gasteiger partial charge in [-0.1, -0.05) is 13.8 Å². The molecule has 1 atom stereocenters. The zero-order valence-corrected chi connectivity index (χ0v) is 9.48. The molecule has 1 saturated heterocycles. The Hall–Kier alpha value is -0.0800. The van der Waals surface area contributed by atoms with Crippen molar-refractivity contribution in [3.8, 4) is 0 Å². The molecule has 78 valence electrons. The van der Waals surface area contributed by atoms with Gasteiger partial charge in [0.1, 0.15) is 0 Å². The van der Waals surface area contributed by atoms with Gasteiger partial charge in [-0.3, -0.25) is 0 Å². The van der Waals surface area contributed by atoms with Crippen molar-refractivity contribution in [2.24, 2.45) is 11.1 Å². The maximum Gasteiger partial charge on any atom is 0.0119 e. The maximum atomic E-state index is 6.06. The molecule has 0 radical (unpaired) electrons. The lowest BCUT2D eigenvalue weighted by Gasteiger charge is -2.37. The van der Waals surface area contributed by atoms with Crippen molar-refractivity contribution in [1.29, 1.82) is 0 Å². The third-order valence-corrected chi connectivity index (χ3v) is 2.91. The molecule has 0 aromatic rings. The molecule has 0 spiro atoms. The average Bonchev–Trinajstić information content (AvgIpc) is 2.29. The Labute approximate surface area is 82.3 Å². The third-order valence-electron chi connectivity index (χ3n) is 2.91. The normalized spacial score (nSPS) is 25.2. The SMILES string of the molecule is CC(C)(N)CC(C)(C)[C@@H]1CCCN1. The molecule has 0 aliphatic carbocycles. The lowest BCUT2D eigenvalue weighted by atomic mass is 9.74. The topological polar surface area (TPSA) is 38.0 Å². The number of hydrogen-bond donors (Lipinski definition) is 2. The molecule has 0 unspecified atom stereocenters. The Kier molecular flexibility index (Phi) is 3.03. The van der Waals surface area contributed by atoms with Gasteiger partial charge in [0.2, 0.25) is 0 Å². The van der Waals surface area contributed by atoms with Crippen LogP contribution in [0.2, 0.25) is 0 Å². The largest absolute Gasteiger partial charge is 0.326 e. The summed E-state index contributed by atoms with van der Waals surface area (Å²) >= 11 is 0. The summed E-state index contributed by atoms with van der Waals surface area (Å²) in [6.45, 7) is 10.1. The van der Waals surface area contributed by atoms with Crippen molar-refractivity contribution < 1.29 is 0 Å². The fraction of sp³-hybridized carbons (Fsp3) is 1.00. The molecule has 0 aromatic carbocycles. The summed E-state index contributed by atoms with van der Waals surface area (Å²) in [5.41, 5.74) is 6.34. The molecule has 1 heterocycles. The van der Waals surface area contributed by atoms with E-state index < -0.39 is 0 Å². The van der Waals surface area contributed by atoms with Crippen molar-refractivity contribution in [1.82, 2.24) is 5.32 Å². The van der Waals surface area contributed by atoms with Gasteiger partial charge in [0.05, 0.1) is 0 Å². The van der Waals surface area contributed by atoms with E-state index in [1.807, 2.05) is 0 Å². The summed E-state index contributed by atoms with van der Waals surface area (Å²) < 4.78 is 0. The molecule has 1 fully saturated rings. The Morgan fingerprint density at radius 1 is 1.31 bits per heavy atom. The van der Waals surface area contributed by atoms with Gasteiger partial charge < -0.3 is 11.1 Å². The fourth-order valence-corrected chi connectivity index (χ4v) is 2.65. The summed E-state index contributed by atoms with van der Waals surface area (Å²) in [5, 5.41) is 3.56. The second-order valence-corrected chi connectivity index (χ2v) is 5.80. The summed E-state index contributed by atoms with van der Waals surface area (Å²) in [7, 11) is 0. The van der Waals surface area contributed by atoms with E-state index in [2.05, 4.69) is 33.0 Å². The first-order chi connectivity index (χ1) is 5.81. The highest BCUT2D eigenvalue weighted by Gasteiger charge is 2.34. The molecule has 1 aliphatic heterocycles. The summed E-state index contributed by atoms with van der Waals surface area (Å²) in [6, 6.07) is 0.662. The molecule has 2 heteroatoms. The molecule has 0 amide bonds. The second-order valence-electron chi connectivity index (χ2n) is 5.80. The zero-order valence-electron chi connectivity index (χ0n) is 9.48. The molecule has 13 heavy (non-hydrogen) atoms. The van der Waals surface area contributed by atoms with E-state index in [9.17, 15) is 0 Å². The third kappa shape index (κ3) is 3.28. The van der Waals surface area contributed by atoms with Crippen molar-refractivity contribution >= 4 is 0 Å². The summed E-state index contributed by atoms with van der Waals surface area (Å²) in [5.74, 6) is 0. The highest BCUT2D eigenvalue weighted by molar-refractivity contribution is 4.92. The van der Waals surface area contributed by atoms with E-state index in [1.165, 1.54) is 19.4 Å². The van der Waals surface area contributed by atoms with Gasteiger partial charge in [0.15, 0.2) is 0 Å². The smallest absolute Gasteiger partial charge is 0.0119 e. The maximum absolute atomic E-state index is 6.06. The van der Waals surface area contributed by atoms with Crippen LogP contribution in [0.15, 0.2) is 0 Å². The van der Waals surface area contributed by atoms with Crippen LogP contribution in [0.3, 0.4) is 0 Å². The average molecular weight is 184 g/mol. The van der Waals surface area contributed by atoms with E-state index in [-0.39, 0.29) is 5.54 Å². The molecule has 0 saturated carbocycles. The quantitative estimate of drug-likeness (QED) is 0.703. The van der Waals surface area contributed by atoms with Crippen LogP contribution in [0.5, 0.6) is 0 Å². The fourth-order valence-electron chi connectivity index (χ4n) is 2.65. The van der Waals surface area contributed by atoms with Crippen LogP contribution in [-0.4, -0.2) is 18.1 Å². The first kappa shape index (κ1) is 11.0. The van der Waals surface area contributed by atoms with Crippen LogP contribution in [0, 0.1) is 5.41 Å². The molecule has 2 nitrogen and oxygen atoms in total. The lowest BCUT2D eigenvalue weighted by Crippen LogP contribution is -2.45. The van der Waals surface area contributed by atoms with Gasteiger partial charge in [-0.05, 0) is 45.1 Å². The van der Waals surface area contributed by atoms with Gasteiger partial charge in [0, 0.05) is 11.6 Å². The minimum atomic E-state index is -0.0478. The van der Waals surface area contributed by atoms with E-state index in [1.54, 1.807) is 0 Å². The second kappa shape index (κ2) is 3.58. The first-order valence-electron chi connectivity index (χ1n) is 5.33. The number of rotatable bonds is 3. The molecule has 0 aromatic heterocycles. The van der Waals surface area contributed by atoms with Gasteiger partial charge in [-0.15, -0.1) is 0 Å². The van der Waals surface area contributed by atoms with E-state index in [0.29, 0.717) is 11.5 Å². The van der Waals surface area contributed by atoms with Crippen molar-refractivity contribution in [3.05, 3.63) is 0 Å². The Morgan fingerprint density at radius 2 is 1.92 bits per heavy atom. The van der Waals surface area contributed by atoms with Gasteiger partial charge in [-0.25, -0.2) is 0 Å². The first-order valence-corrected chi connectivity index (χ1v) is 5.33. The lowest BCUT2D eigenvalue weighted by molar-refractivity contribution is 0.196. The van der Waals surface area contributed by atoms with Crippen molar-refractivity contribution in [2.75, 3.05) is 6.54 Å². The van der Waals surface area contributed by atoms with Gasteiger partial charge in [0.25, 0.3) is 0 Å². The van der Waals surface area contributed by atoms with E-state index in [0.717, 1.165) is 6.42 Å². The molecule has 3 N–H and O–H groups in total. The van der Waals surface area contributed by atoms with Crippen LogP contribution in [0.25, 0.3) is 0 Å². The summed E-state index contributed by atoms with van der Waals surface area (Å²) in [6.07, 6.45) is 3.71. The van der Waals surface area contributed by atoms with E-state index >= 15 is 0 Å². The van der Waals surface area contributed by atoms with Crippen LogP contribution in [0.4, 0.5) is 0 Å². The predicted octanol–water partition coefficient (Wildman–Crippen LogP) is 1.89. The Morgan fingerprint density at radius 3 is 2.31 bits per heavy atom. The highest BCUT2D eigenvalue weighted by Crippen LogP contribution is 2.34. The van der Waals surface area contributed by atoms with Gasteiger partial charge >= 0.3 is 0 Å². The minimum absolute atomic E-state index is 0.0478. The van der Waals surface area contributed by atoms with Gasteiger partial charge in [-0.2, -0.15) is 0 Å². The zero-order chi connectivity index (χ0) is 10.1. The van der Waals surface area contributed by atoms with Crippen LogP contribution in [0.1, 0.15) is 47.0 Å². The Balaban J connectivity index is 2.53. The highest BCUT2D eigenvalue weighted by atomic mass is 15.0. The minimum Gasteiger partial charge on any atom is -0.326 e. The number of nitrogens with one attached hydrogen (secondary N) is 1. The Bertz CT molecular complexity index is 161. The predicted molar refractivity (Wildman–Crippen MR) is 57.7 cm³/mol.